The molecule has 0 amide bonds. The van der Waals surface area contributed by atoms with E-state index in [1.807, 2.05) is 0 Å². The van der Waals surface area contributed by atoms with Gasteiger partial charge in [0.2, 0.25) is 0 Å². The van der Waals surface area contributed by atoms with Crippen LogP contribution in [0.5, 0.6) is 0 Å². The average molecular weight is 290 g/mol. The maximum atomic E-state index is 12.0. The summed E-state index contributed by atoms with van der Waals surface area (Å²) in [7, 11) is 0. The molecule has 0 spiro atoms. The second kappa shape index (κ2) is 6.41. The van der Waals surface area contributed by atoms with Gasteiger partial charge >= 0.3 is 0 Å². The molecule has 114 valence electrons. The van der Waals surface area contributed by atoms with Gasteiger partial charge < -0.3 is 5.11 Å². The zero-order valence-electron chi connectivity index (χ0n) is 12.2. The predicted molar refractivity (Wildman–Crippen MR) is 80.2 cm³/mol. The summed E-state index contributed by atoms with van der Waals surface area (Å²) < 4.78 is 1.43. The van der Waals surface area contributed by atoms with E-state index in [9.17, 15) is 9.90 Å². The smallest absolute Gasteiger partial charge is 0.272 e. The molecule has 6 heteroatoms. The number of nitrogens with one attached hydrogen (secondary N) is 1. The molecule has 0 unspecified atom stereocenters. The molecule has 0 atom stereocenters. The van der Waals surface area contributed by atoms with Crippen molar-refractivity contribution in [1.82, 2.24) is 19.5 Å². The van der Waals surface area contributed by atoms with E-state index in [0.29, 0.717) is 24.8 Å². The van der Waals surface area contributed by atoms with E-state index in [1.54, 1.807) is 18.3 Å². The lowest BCUT2D eigenvalue weighted by molar-refractivity contribution is 0.116. The van der Waals surface area contributed by atoms with Gasteiger partial charge in [0.1, 0.15) is 0 Å². The molecular weight excluding hydrogens is 268 g/mol. The normalized spacial score (nSPS) is 16.9. The van der Waals surface area contributed by atoms with Crippen LogP contribution in [-0.2, 0) is 6.54 Å². The SMILES string of the molecule is O=c1cc(CN(CCO)C2CCCCC2)nc2cc[nH]n12. The second-order valence-corrected chi connectivity index (χ2v) is 5.73. The molecule has 3 rings (SSSR count). The Labute approximate surface area is 123 Å². The van der Waals surface area contributed by atoms with Crippen LogP contribution in [0.1, 0.15) is 37.8 Å². The van der Waals surface area contributed by atoms with Crippen LogP contribution >= 0.6 is 0 Å². The van der Waals surface area contributed by atoms with E-state index in [2.05, 4.69) is 15.0 Å². The minimum atomic E-state index is -0.0902. The third-order valence-corrected chi connectivity index (χ3v) is 4.28. The number of fused-ring (bicyclic) bond motifs is 1. The number of hydrogen-bond donors (Lipinski definition) is 2. The zero-order chi connectivity index (χ0) is 14.7. The van der Waals surface area contributed by atoms with Gasteiger partial charge in [0.25, 0.3) is 5.56 Å². The number of aromatic amines is 1. The molecule has 2 aromatic heterocycles. The van der Waals surface area contributed by atoms with E-state index in [-0.39, 0.29) is 12.2 Å². The Hall–Kier alpha value is -1.66. The topological polar surface area (TPSA) is 73.6 Å². The highest BCUT2D eigenvalue weighted by Gasteiger charge is 2.21. The van der Waals surface area contributed by atoms with Gasteiger partial charge in [-0.05, 0) is 12.8 Å². The van der Waals surface area contributed by atoms with Crippen molar-refractivity contribution in [3.63, 3.8) is 0 Å². The summed E-state index contributed by atoms with van der Waals surface area (Å²) in [6.45, 7) is 1.41. The summed E-state index contributed by atoms with van der Waals surface area (Å²) in [6.07, 6.45) is 7.86. The summed E-state index contributed by atoms with van der Waals surface area (Å²) in [4.78, 5) is 18.8. The van der Waals surface area contributed by atoms with E-state index < -0.39 is 0 Å². The molecule has 0 radical (unpaired) electrons. The van der Waals surface area contributed by atoms with Gasteiger partial charge in [-0.3, -0.25) is 14.8 Å². The van der Waals surface area contributed by atoms with E-state index in [1.165, 1.54) is 36.6 Å². The maximum absolute atomic E-state index is 12.0. The summed E-state index contributed by atoms with van der Waals surface area (Å²) in [5, 5.41) is 12.2. The van der Waals surface area contributed by atoms with E-state index >= 15 is 0 Å². The highest BCUT2D eigenvalue weighted by atomic mass is 16.3. The summed E-state index contributed by atoms with van der Waals surface area (Å²) in [5.41, 5.74) is 1.33. The number of H-pyrrole nitrogens is 1. The largest absolute Gasteiger partial charge is 0.395 e. The highest BCUT2D eigenvalue weighted by molar-refractivity contribution is 5.36. The summed E-state index contributed by atoms with van der Waals surface area (Å²) >= 11 is 0. The highest BCUT2D eigenvalue weighted by Crippen LogP contribution is 2.23. The molecule has 0 aromatic carbocycles. The van der Waals surface area contributed by atoms with Crippen molar-refractivity contribution < 1.29 is 5.11 Å². The standard InChI is InChI=1S/C15H22N4O2/c20-9-8-18(13-4-2-1-3-5-13)11-12-10-15(21)19-14(17-12)6-7-16-19/h6-7,10,13,16,20H,1-5,8-9,11H2. The molecule has 2 heterocycles. The molecule has 0 saturated heterocycles. The maximum Gasteiger partial charge on any atom is 0.272 e. The molecule has 0 bridgehead atoms. The van der Waals surface area contributed by atoms with Crippen molar-refractivity contribution in [2.24, 2.45) is 0 Å². The molecule has 1 fully saturated rings. The van der Waals surface area contributed by atoms with Crippen LogP contribution < -0.4 is 5.56 Å². The van der Waals surface area contributed by atoms with Crippen LogP contribution in [0.2, 0.25) is 0 Å². The van der Waals surface area contributed by atoms with Crippen LogP contribution in [0.3, 0.4) is 0 Å². The number of nitrogens with zero attached hydrogens (tertiary/aromatic N) is 3. The molecule has 1 aliphatic rings. The number of rotatable bonds is 5. The summed E-state index contributed by atoms with van der Waals surface area (Å²) in [6, 6.07) is 3.87. The summed E-state index contributed by atoms with van der Waals surface area (Å²) in [5.74, 6) is 0. The Kier molecular flexibility index (Phi) is 4.36. The third-order valence-electron chi connectivity index (χ3n) is 4.28. The van der Waals surface area contributed by atoms with Crippen LogP contribution in [0.15, 0.2) is 23.1 Å². The first kappa shape index (κ1) is 14.3. The number of hydrogen-bond acceptors (Lipinski definition) is 4. The number of aliphatic hydroxyl groups excluding tert-OH is 1. The van der Waals surface area contributed by atoms with Crippen LogP contribution in [-0.4, -0.2) is 43.8 Å². The quantitative estimate of drug-likeness (QED) is 0.866. The van der Waals surface area contributed by atoms with Crippen molar-refractivity contribution in [3.05, 3.63) is 34.4 Å². The van der Waals surface area contributed by atoms with Crippen molar-refractivity contribution in [2.75, 3.05) is 13.2 Å². The average Bonchev–Trinajstić information content (AvgIpc) is 2.97. The first-order valence-corrected chi connectivity index (χ1v) is 7.69. The first-order chi connectivity index (χ1) is 10.3. The van der Waals surface area contributed by atoms with E-state index in [0.717, 1.165) is 5.69 Å². The molecule has 21 heavy (non-hydrogen) atoms. The number of aliphatic hydroxyl groups is 1. The molecule has 6 nitrogen and oxygen atoms in total. The van der Waals surface area contributed by atoms with Gasteiger partial charge in [-0.25, -0.2) is 9.50 Å². The Morgan fingerprint density at radius 3 is 2.95 bits per heavy atom. The minimum absolute atomic E-state index is 0.0902. The molecule has 0 aliphatic heterocycles. The van der Waals surface area contributed by atoms with Crippen LogP contribution in [0.4, 0.5) is 0 Å². The van der Waals surface area contributed by atoms with Crippen LogP contribution in [0.25, 0.3) is 5.65 Å². The van der Waals surface area contributed by atoms with Gasteiger partial charge in [0.15, 0.2) is 5.65 Å². The molecule has 2 N–H and O–H groups in total. The Morgan fingerprint density at radius 1 is 1.38 bits per heavy atom. The van der Waals surface area contributed by atoms with Crippen molar-refractivity contribution in [1.29, 1.82) is 0 Å². The molecule has 2 aromatic rings. The lowest BCUT2D eigenvalue weighted by Gasteiger charge is -2.33. The fraction of sp³-hybridized carbons (Fsp3) is 0.600. The van der Waals surface area contributed by atoms with E-state index in [4.69, 9.17) is 0 Å². The molecular formula is C15H22N4O2. The van der Waals surface area contributed by atoms with Crippen LogP contribution in [0, 0.1) is 0 Å². The third kappa shape index (κ3) is 3.16. The van der Waals surface area contributed by atoms with Gasteiger partial charge in [0, 0.05) is 37.5 Å². The Bertz CT molecular complexity index is 642. The lowest BCUT2D eigenvalue weighted by Crippen LogP contribution is -2.38. The van der Waals surface area contributed by atoms with Gasteiger partial charge in [-0.15, -0.1) is 0 Å². The lowest BCUT2D eigenvalue weighted by atomic mass is 9.94. The molecule has 1 aliphatic carbocycles. The van der Waals surface area contributed by atoms with Gasteiger partial charge in [-0.1, -0.05) is 19.3 Å². The Balaban J connectivity index is 1.81. The fourth-order valence-electron chi connectivity index (χ4n) is 3.23. The minimum Gasteiger partial charge on any atom is -0.395 e. The zero-order valence-corrected chi connectivity index (χ0v) is 12.2. The number of aromatic nitrogens is 3. The van der Waals surface area contributed by atoms with Gasteiger partial charge in [-0.2, -0.15) is 0 Å². The first-order valence-electron chi connectivity index (χ1n) is 7.69. The Morgan fingerprint density at radius 2 is 2.19 bits per heavy atom. The van der Waals surface area contributed by atoms with Crippen molar-refractivity contribution in [3.8, 4) is 0 Å². The van der Waals surface area contributed by atoms with Gasteiger partial charge in [0.05, 0.1) is 12.3 Å². The molecule has 1 saturated carbocycles. The van der Waals surface area contributed by atoms with Crippen molar-refractivity contribution in [2.45, 2.75) is 44.7 Å². The predicted octanol–water partition coefficient (Wildman–Crippen LogP) is 1.15. The second-order valence-electron chi connectivity index (χ2n) is 5.73. The monoisotopic (exact) mass is 290 g/mol. The van der Waals surface area contributed by atoms with Crippen molar-refractivity contribution >= 4 is 5.65 Å². The fourth-order valence-corrected chi connectivity index (χ4v) is 3.23.